The van der Waals surface area contributed by atoms with Crippen molar-refractivity contribution in [1.82, 2.24) is 10.4 Å². The van der Waals surface area contributed by atoms with Gasteiger partial charge in [0.05, 0.1) is 10.2 Å². The van der Waals surface area contributed by atoms with Crippen LogP contribution in [0, 0.1) is 25.5 Å². The minimum atomic E-state index is -0.917. The van der Waals surface area contributed by atoms with E-state index in [0.717, 1.165) is 33.5 Å². The molecule has 0 fully saturated rings. The molecular formula is C16H13F2N3OS. The van der Waals surface area contributed by atoms with E-state index in [1.807, 2.05) is 26.0 Å². The molecule has 1 aromatic heterocycles. The van der Waals surface area contributed by atoms with E-state index in [1.165, 1.54) is 17.4 Å². The molecule has 1 heterocycles. The number of nitrogens with one attached hydrogen (secondary N) is 2. The first kappa shape index (κ1) is 15.4. The Labute approximate surface area is 135 Å². The van der Waals surface area contributed by atoms with Crippen LogP contribution >= 0.6 is 11.3 Å². The van der Waals surface area contributed by atoms with Crippen LogP contribution in [0.2, 0.25) is 0 Å². The highest BCUT2D eigenvalue weighted by Gasteiger charge is 2.17. The quantitative estimate of drug-likeness (QED) is 0.714. The average Bonchev–Trinajstić information content (AvgIpc) is 2.88. The zero-order valence-corrected chi connectivity index (χ0v) is 13.2. The lowest BCUT2D eigenvalue weighted by Gasteiger charge is -2.07. The molecule has 0 radical (unpaired) electrons. The van der Waals surface area contributed by atoms with Gasteiger partial charge in [-0.05, 0) is 43.2 Å². The number of aromatic nitrogens is 1. The summed E-state index contributed by atoms with van der Waals surface area (Å²) in [5.74, 6) is -2.73. The number of amides is 1. The molecule has 0 aliphatic heterocycles. The van der Waals surface area contributed by atoms with Crippen molar-refractivity contribution < 1.29 is 13.6 Å². The van der Waals surface area contributed by atoms with E-state index in [-0.39, 0.29) is 0 Å². The van der Waals surface area contributed by atoms with Gasteiger partial charge in [-0.25, -0.2) is 13.8 Å². The number of hydrogen-bond donors (Lipinski definition) is 2. The summed E-state index contributed by atoms with van der Waals surface area (Å²) in [5, 5.41) is 0.443. The topological polar surface area (TPSA) is 54.0 Å². The zero-order valence-electron chi connectivity index (χ0n) is 12.4. The fraction of sp³-hybridized carbons (Fsp3) is 0.125. The van der Waals surface area contributed by atoms with Gasteiger partial charge in [0.1, 0.15) is 17.2 Å². The molecular weight excluding hydrogens is 320 g/mol. The number of halogens is 2. The second kappa shape index (κ2) is 5.92. The molecule has 2 N–H and O–H groups in total. The van der Waals surface area contributed by atoms with E-state index >= 15 is 0 Å². The first-order valence-electron chi connectivity index (χ1n) is 6.84. The second-order valence-corrected chi connectivity index (χ2v) is 6.15. The van der Waals surface area contributed by atoms with Gasteiger partial charge in [-0.3, -0.25) is 15.6 Å². The van der Waals surface area contributed by atoms with Crippen LogP contribution in [0.1, 0.15) is 21.5 Å². The molecule has 3 aromatic rings. The average molecular weight is 333 g/mol. The van der Waals surface area contributed by atoms with Crippen LogP contribution in [0.3, 0.4) is 0 Å². The third-order valence-corrected chi connectivity index (χ3v) is 4.22. The Kier molecular flexibility index (Phi) is 3.96. The molecule has 0 spiro atoms. The highest BCUT2D eigenvalue weighted by molar-refractivity contribution is 7.22. The first-order chi connectivity index (χ1) is 11.0. The van der Waals surface area contributed by atoms with Gasteiger partial charge in [0, 0.05) is 0 Å². The number of thiazole rings is 1. The minimum absolute atomic E-state index is 0.443. The maximum absolute atomic E-state index is 13.5. The summed E-state index contributed by atoms with van der Waals surface area (Å²) in [5.41, 5.74) is 7.21. The Morgan fingerprint density at radius 3 is 2.57 bits per heavy atom. The lowest BCUT2D eigenvalue weighted by atomic mass is 10.1. The predicted molar refractivity (Wildman–Crippen MR) is 86.5 cm³/mol. The maximum Gasteiger partial charge on any atom is 0.275 e. The third kappa shape index (κ3) is 3.00. The number of rotatable bonds is 3. The van der Waals surface area contributed by atoms with Crippen LogP contribution < -0.4 is 10.9 Å². The molecule has 118 valence electrons. The standard InChI is InChI=1S/C16H13F2N3OS/c1-8-6-9(2)14-12(7-8)23-16(19-14)21-20-15(22)13-10(17)4-3-5-11(13)18/h3-7H,1-2H3,(H,19,21)(H,20,22). The van der Waals surface area contributed by atoms with E-state index in [9.17, 15) is 13.6 Å². The molecule has 2 aromatic carbocycles. The number of anilines is 1. The van der Waals surface area contributed by atoms with Crippen molar-refractivity contribution in [3.05, 3.63) is 58.7 Å². The highest BCUT2D eigenvalue weighted by atomic mass is 32.1. The SMILES string of the molecule is Cc1cc(C)c2nc(NNC(=O)c3c(F)cccc3F)sc2c1. The largest absolute Gasteiger partial charge is 0.275 e. The van der Waals surface area contributed by atoms with Crippen molar-refractivity contribution in [2.45, 2.75) is 13.8 Å². The fourth-order valence-electron chi connectivity index (χ4n) is 2.31. The normalized spacial score (nSPS) is 10.8. The van der Waals surface area contributed by atoms with E-state index in [4.69, 9.17) is 0 Å². The molecule has 0 saturated heterocycles. The molecule has 0 saturated carbocycles. The predicted octanol–water partition coefficient (Wildman–Crippen LogP) is 3.95. The van der Waals surface area contributed by atoms with Crippen molar-refractivity contribution in [3.8, 4) is 0 Å². The number of hydrogen-bond acceptors (Lipinski definition) is 4. The van der Waals surface area contributed by atoms with Gasteiger partial charge in [-0.2, -0.15) is 0 Å². The summed E-state index contributed by atoms with van der Waals surface area (Å²) in [6, 6.07) is 7.26. The summed E-state index contributed by atoms with van der Waals surface area (Å²) in [4.78, 5) is 16.3. The van der Waals surface area contributed by atoms with Crippen LogP contribution in [0.5, 0.6) is 0 Å². The summed E-state index contributed by atoms with van der Waals surface area (Å²) in [6.07, 6.45) is 0. The molecule has 1 amide bonds. The number of carbonyl (C=O) groups is 1. The molecule has 0 aliphatic carbocycles. The zero-order chi connectivity index (χ0) is 16.6. The molecule has 0 unspecified atom stereocenters. The fourth-order valence-corrected chi connectivity index (χ4v) is 3.31. The van der Waals surface area contributed by atoms with Gasteiger partial charge in [-0.15, -0.1) is 0 Å². The molecule has 23 heavy (non-hydrogen) atoms. The van der Waals surface area contributed by atoms with E-state index < -0.39 is 23.1 Å². The highest BCUT2D eigenvalue weighted by Crippen LogP contribution is 2.28. The first-order valence-corrected chi connectivity index (χ1v) is 7.65. The van der Waals surface area contributed by atoms with Gasteiger partial charge in [-0.1, -0.05) is 23.5 Å². The summed E-state index contributed by atoms with van der Waals surface area (Å²) in [6.45, 7) is 3.94. The lowest BCUT2D eigenvalue weighted by molar-refractivity contribution is 0.0954. The molecule has 4 nitrogen and oxygen atoms in total. The van der Waals surface area contributed by atoms with Gasteiger partial charge < -0.3 is 0 Å². The van der Waals surface area contributed by atoms with E-state index in [1.54, 1.807) is 0 Å². The number of fused-ring (bicyclic) bond motifs is 1. The number of carbonyl (C=O) groups excluding carboxylic acids is 1. The second-order valence-electron chi connectivity index (χ2n) is 5.12. The third-order valence-electron chi connectivity index (χ3n) is 3.30. The molecule has 0 aliphatic rings. The van der Waals surface area contributed by atoms with Gasteiger partial charge in [0.25, 0.3) is 5.91 Å². The van der Waals surface area contributed by atoms with Crippen LogP contribution in [0.25, 0.3) is 10.2 Å². The van der Waals surface area contributed by atoms with Crippen molar-refractivity contribution >= 4 is 32.6 Å². The summed E-state index contributed by atoms with van der Waals surface area (Å²) >= 11 is 1.35. The van der Waals surface area contributed by atoms with Crippen LogP contribution in [-0.2, 0) is 0 Å². The van der Waals surface area contributed by atoms with Crippen LogP contribution in [0.4, 0.5) is 13.9 Å². The van der Waals surface area contributed by atoms with Gasteiger partial charge in [0.2, 0.25) is 5.13 Å². The Hall–Kier alpha value is -2.54. The monoisotopic (exact) mass is 333 g/mol. The Balaban J connectivity index is 1.81. The van der Waals surface area contributed by atoms with Crippen molar-refractivity contribution in [2.75, 3.05) is 5.43 Å². The molecule has 3 rings (SSSR count). The number of benzene rings is 2. The van der Waals surface area contributed by atoms with Crippen molar-refractivity contribution in [2.24, 2.45) is 0 Å². The minimum Gasteiger partial charge on any atom is -0.273 e. The Morgan fingerprint density at radius 2 is 1.87 bits per heavy atom. The van der Waals surface area contributed by atoms with E-state index in [2.05, 4.69) is 15.8 Å². The number of nitrogens with zero attached hydrogens (tertiary/aromatic N) is 1. The Bertz CT molecular complexity index is 887. The molecule has 0 atom stereocenters. The summed E-state index contributed by atoms with van der Waals surface area (Å²) < 4.78 is 28.1. The van der Waals surface area contributed by atoms with Crippen molar-refractivity contribution in [3.63, 3.8) is 0 Å². The van der Waals surface area contributed by atoms with Crippen molar-refractivity contribution in [1.29, 1.82) is 0 Å². The number of aryl methyl sites for hydroxylation is 2. The smallest absolute Gasteiger partial charge is 0.273 e. The van der Waals surface area contributed by atoms with Gasteiger partial charge >= 0.3 is 0 Å². The van der Waals surface area contributed by atoms with Crippen LogP contribution in [0.15, 0.2) is 30.3 Å². The molecule has 0 bridgehead atoms. The summed E-state index contributed by atoms with van der Waals surface area (Å²) in [7, 11) is 0. The van der Waals surface area contributed by atoms with E-state index in [0.29, 0.717) is 5.13 Å². The lowest BCUT2D eigenvalue weighted by Crippen LogP contribution is -2.30. The molecule has 7 heteroatoms. The Morgan fingerprint density at radius 1 is 1.17 bits per heavy atom. The maximum atomic E-state index is 13.5. The van der Waals surface area contributed by atoms with Crippen LogP contribution in [-0.4, -0.2) is 10.9 Å². The van der Waals surface area contributed by atoms with Gasteiger partial charge in [0.15, 0.2) is 0 Å². The number of hydrazine groups is 1.